The van der Waals surface area contributed by atoms with Crippen LogP contribution < -0.4 is 10.0 Å². The Labute approximate surface area is 172 Å². The Morgan fingerprint density at radius 2 is 1.67 bits per heavy atom. The van der Waals surface area contributed by atoms with E-state index in [1.165, 1.54) is 42.5 Å². The third kappa shape index (κ3) is 4.81. The predicted octanol–water partition coefficient (Wildman–Crippen LogP) is 3.63. The molecule has 9 heteroatoms. The summed E-state index contributed by atoms with van der Waals surface area (Å²) in [6.07, 6.45) is 5.34. The number of nitrogens with zero attached hydrogens (tertiary/aromatic N) is 1. The van der Waals surface area contributed by atoms with E-state index in [2.05, 4.69) is 16.0 Å². The van der Waals surface area contributed by atoms with Crippen molar-refractivity contribution in [1.29, 1.82) is 0 Å². The number of rotatable bonds is 6. The smallest absolute Gasteiger partial charge is 0.270 e. The summed E-state index contributed by atoms with van der Waals surface area (Å²) < 4.78 is 27.3. The number of anilines is 2. The van der Waals surface area contributed by atoms with E-state index in [4.69, 9.17) is 6.42 Å². The van der Waals surface area contributed by atoms with E-state index < -0.39 is 20.9 Å². The van der Waals surface area contributed by atoms with E-state index in [0.29, 0.717) is 16.8 Å². The summed E-state index contributed by atoms with van der Waals surface area (Å²) in [6, 6.07) is 17.2. The molecule has 0 saturated heterocycles. The molecule has 3 aromatic carbocycles. The van der Waals surface area contributed by atoms with Crippen LogP contribution in [0.1, 0.15) is 15.9 Å². The predicted molar refractivity (Wildman–Crippen MR) is 113 cm³/mol. The lowest BCUT2D eigenvalue weighted by molar-refractivity contribution is -0.385. The van der Waals surface area contributed by atoms with Crippen LogP contribution in [0.4, 0.5) is 17.1 Å². The highest BCUT2D eigenvalue weighted by Gasteiger charge is 2.18. The molecule has 0 heterocycles. The van der Waals surface area contributed by atoms with Gasteiger partial charge in [-0.3, -0.25) is 19.6 Å². The fourth-order valence-electron chi connectivity index (χ4n) is 2.56. The lowest BCUT2D eigenvalue weighted by Crippen LogP contribution is -2.14. The van der Waals surface area contributed by atoms with Crippen LogP contribution >= 0.6 is 0 Å². The van der Waals surface area contributed by atoms with Gasteiger partial charge in [0.1, 0.15) is 0 Å². The summed E-state index contributed by atoms with van der Waals surface area (Å²) in [6.45, 7) is 0. The van der Waals surface area contributed by atoms with E-state index >= 15 is 0 Å². The molecule has 0 radical (unpaired) electrons. The molecule has 0 atom stereocenters. The summed E-state index contributed by atoms with van der Waals surface area (Å²) in [5.74, 6) is 2.09. The lowest BCUT2D eigenvalue weighted by Gasteiger charge is -2.09. The maximum atomic E-state index is 12.5. The van der Waals surface area contributed by atoms with Gasteiger partial charge in [0, 0.05) is 34.6 Å². The second-order valence-electron chi connectivity index (χ2n) is 6.12. The molecule has 0 saturated carbocycles. The maximum absolute atomic E-state index is 12.5. The van der Waals surface area contributed by atoms with Gasteiger partial charge < -0.3 is 5.32 Å². The molecule has 0 spiro atoms. The van der Waals surface area contributed by atoms with Gasteiger partial charge in [0.2, 0.25) is 0 Å². The van der Waals surface area contributed by atoms with E-state index in [-0.39, 0.29) is 16.3 Å². The molecule has 30 heavy (non-hydrogen) atoms. The third-order valence-corrected chi connectivity index (χ3v) is 5.40. The largest absolute Gasteiger partial charge is 0.322 e. The molecule has 0 fully saturated rings. The molecule has 0 unspecified atom stereocenters. The van der Waals surface area contributed by atoms with Crippen molar-refractivity contribution in [2.45, 2.75) is 4.90 Å². The number of nitrogens with one attached hydrogen (secondary N) is 2. The van der Waals surface area contributed by atoms with E-state index in [1.807, 2.05) is 0 Å². The highest BCUT2D eigenvalue weighted by molar-refractivity contribution is 7.92. The highest BCUT2D eigenvalue weighted by Crippen LogP contribution is 2.21. The van der Waals surface area contributed by atoms with Crippen LogP contribution in [0.2, 0.25) is 0 Å². The Morgan fingerprint density at radius 3 is 2.33 bits per heavy atom. The van der Waals surface area contributed by atoms with Crippen LogP contribution in [0.15, 0.2) is 77.7 Å². The Kier molecular flexibility index (Phi) is 5.80. The number of amides is 1. The van der Waals surface area contributed by atoms with Gasteiger partial charge in [-0.25, -0.2) is 8.42 Å². The molecular weight excluding hydrogens is 406 g/mol. The quantitative estimate of drug-likeness (QED) is 0.358. The van der Waals surface area contributed by atoms with Crippen LogP contribution in [0, 0.1) is 22.5 Å². The second kappa shape index (κ2) is 8.46. The van der Waals surface area contributed by atoms with Gasteiger partial charge >= 0.3 is 0 Å². The average molecular weight is 421 g/mol. The first-order valence-electron chi connectivity index (χ1n) is 8.54. The summed E-state index contributed by atoms with van der Waals surface area (Å²) in [4.78, 5) is 22.3. The van der Waals surface area contributed by atoms with E-state index in [9.17, 15) is 23.3 Å². The summed E-state index contributed by atoms with van der Waals surface area (Å²) in [5, 5.41) is 13.6. The molecule has 2 N–H and O–H groups in total. The molecule has 0 aliphatic heterocycles. The molecule has 3 rings (SSSR count). The van der Waals surface area contributed by atoms with Gasteiger partial charge in [-0.2, -0.15) is 0 Å². The van der Waals surface area contributed by atoms with Crippen molar-refractivity contribution in [2.24, 2.45) is 0 Å². The molecule has 0 aromatic heterocycles. The number of hydrogen-bond donors (Lipinski definition) is 2. The molecule has 150 valence electrons. The maximum Gasteiger partial charge on any atom is 0.270 e. The first-order chi connectivity index (χ1) is 14.3. The number of sulfonamides is 1. The molecule has 8 nitrogen and oxygen atoms in total. The number of carbonyl (C=O) groups is 1. The summed E-state index contributed by atoms with van der Waals surface area (Å²) in [7, 11) is -4.03. The fourth-order valence-corrected chi connectivity index (χ4v) is 3.66. The van der Waals surface area contributed by atoms with Gasteiger partial charge in [-0.1, -0.05) is 18.1 Å². The van der Waals surface area contributed by atoms with Gasteiger partial charge in [-0.15, -0.1) is 6.42 Å². The Hall–Kier alpha value is -4.16. The van der Waals surface area contributed by atoms with Crippen molar-refractivity contribution in [3.8, 4) is 12.3 Å². The zero-order valence-corrected chi connectivity index (χ0v) is 16.2. The Morgan fingerprint density at radius 1 is 0.967 bits per heavy atom. The van der Waals surface area contributed by atoms with Crippen molar-refractivity contribution < 1.29 is 18.1 Å². The SMILES string of the molecule is C#Cc1cccc(NC(=O)c2ccc(NS(=O)(=O)c3cccc([N+](=O)[O-])c3)cc2)c1. The molecule has 0 bridgehead atoms. The molecule has 0 aliphatic carbocycles. The summed E-state index contributed by atoms with van der Waals surface area (Å²) >= 11 is 0. The highest BCUT2D eigenvalue weighted by atomic mass is 32.2. The Bertz CT molecular complexity index is 1260. The van der Waals surface area contributed by atoms with Gasteiger partial charge in [0.15, 0.2) is 0 Å². The number of carbonyl (C=O) groups excluding carboxylic acids is 1. The van der Waals surface area contributed by atoms with E-state index in [0.717, 1.165) is 6.07 Å². The third-order valence-electron chi connectivity index (χ3n) is 4.03. The number of benzene rings is 3. The number of hydrogen-bond acceptors (Lipinski definition) is 5. The molecular formula is C21H15N3O5S. The van der Waals surface area contributed by atoms with Crippen LogP contribution in [0.25, 0.3) is 0 Å². The van der Waals surface area contributed by atoms with E-state index in [1.54, 1.807) is 24.3 Å². The minimum Gasteiger partial charge on any atom is -0.322 e. The molecule has 3 aromatic rings. The minimum absolute atomic E-state index is 0.201. The molecule has 1 amide bonds. The van der Waals surface area contributed by atoms with Crippen molar-refractivity contribution >= 4 is 33.0 Å². The summed E-state index contributed by atoms with van der Waals surface area (Å²) in [5.41, 5.74) is 1.33. The number of nitro groups is 1. The first kappa shape index (κ1) is 20.6. The van der Waals surface area contributed by atoms with Crippen LogP contribution in [0.5, 0.6) is 0 Å². The van der Waals surface area contributed by atoms with Crippen LogP contribution in [-0.4, -0.2) is 19.2 Å². The topological polar surface area (TPSA) is 118 Å². The van der Waals surface area contributed by atoms with Crippen LogP contribution in [0.3, 0.4) is 0 Å². The van der Waals surface area contributed by atoms with Gasteiger partial charge in [0.05, 0.1) is 9.82 Å². The lowest BCUT2D eigenvalue weighted by atomic mass is 10.1. The average Bonchev–Trinajstić information content (AvgIpc) is 2.74. The minimum atomic E-state index is -4.03. The fraction of sp³-hybridized carbons (Fsp3) is 0. The second-order valence-corrected chi connectivity index (χ2v) is 7.80. The normalized spacial score (nSPS) is 10.6. The van der Waals surface area contributed by atoms with Crippen molar-refractivity contribution in [3.05, 3.63) is 94.0 Å². The number of terminal acetylenes is 1. The molecule has 0 aliphatic rings. The number of non-ortho nitro benzene ring substituents is 1. The van der Waals surface area contributed by atoms with Crippen molar-refractivity contribution in [1.82, 2.24) is 0 Å². The first-order valence-corrected chi connectivity index (χ1v) is 10.0. The van der Waals surface area contributed by atoms with Gasteiger partial charge in [-0.05, 0) is 48.5 Å². The van der Waals surface area contributed by atoms with Crippen LogP contribution in [-0.2, 0) is 10.0 Å². The Balaban J connectivity index is 1.73. The monoisotopic (exact) mass is 421 g/mol. The standard InChI is InChI=1S/C21H15N3O5S/c1-2-15-5-3-6-18(13-15)22-21(25)16-9-11-17(12-10-16)23-30(28,29)20-8-4-7-19(14-20)24(26)27/h1,3-14,23H,(H,22,25). The van der Waals surface area contributed by atoms with Gasteiger partial charge in [0.25, 0.3) is 21.6 Å². The number of nitro benzene ring substituents is 1. The van der Waals surface area contributed by atoms with Crippen molar-refractivity contribution in [2.75, 3.05) is 10.0 Å². The zero-order valence-electron chi connectivity index (χ0n) is 15.4. The van der Waals surface area contributed by atoms with Crippen molar-refractivity contribution in [3.63, 3.8) is 0 Å². The zero-order chi connectivity index (χ0) is 21.7.